The van der Waals surface area contributed by atoms with Crippen LogP contribution >= 0.6 is 11.3 Å². The van der Waals surface area contributed by atoms with E-state index in [4.69, 9.17) is 5.26 Å². The minimum Gasteiger partial charge on any atom is -0.350 e. The number of nitro groups is 1. The molecule has 9 heteroatoms. The fourth-order valence-corrected chi connectivity index (χ4v) is 3.10. The number of nitro benzene ring substituents is 1. The first-order chi connectivity index (χ1) is 12.4. The van der Waals surface area contributed by atoms with Gasteiger partial charge in [-0.15, -0.1) is 11.3 Å². The van der Waals surface area contributed by atoms with Crippen molar-refractivity contribution >= 4 is 28.1 Å². The molecule has 0 aliphatic carbocycles. The van der Waals surface area contributed by atoms with Gasteiger partial charge in [-0.1, -0.05) is 13.8 Å². The number of nitrogens with zero attached hydrogens (tertiary/aromatic N) is 3. The van der Waals surface area contributed by atoms with E-state index in [1.165, 1.54) is 23.5 Å². The number of nitriles is 1. The number of carbonyl (C=O) groups excluding carboxylic acids is 1. The Morgan fingerprint density at radius 1 is 1.38 bits per heavy atom. The number of rotatable bonds is 8. The Morgan fingerprint density at radius 2 is 2.08 bits per heavy atom. The van der Waals surface area contributed by atoms with Gasteiger partial charge in [0.15, 0.2) is 5.13 Å². The van der Waals surface area contributed by atoms with E-state index in [0.29, 0.717) is 17.2 Å². The fourth-order valence-electron chi connectivity index (χ4n) is 2.33. The number of benzene rings is 1. The molecule has 1 amide bonds. The van der Waals surface area contributed by atoms with Gasteiger partial charge in [-0.05, 0) is 24.5 Å². The number of non-ortho nitro benzene ring substituents is 1. The molecule has 1 atom stereocenters. The number of carbonyl (C=O) groups is 1. The third-order valence-electron chi connectivity index (χ3n) is 3.54. The van der Waals surface area contributed by atoms with Crippen molar-refractivity contribution in [2.75, 3.05) is 11.9 Å². The van der Waals surface area contributed by atoms with Crippen molar-refractivity contribution in [1.82, 2.24) is 10.3 Å². The van der Waals surface area contributed by atoms with Crippen molar-refractivity contribution in [2.24, 2.45) is 5.92 Å². The van der Waals surface area contributed by atoms with Crippen molar-refractivity contribution in [3.05, 3.63) is 39.8 Å². The second-order valence-electron chi connectivity index (χ2n) is 6.04. The lowest BCUT2D eigenvalue weighted by Crippen LogP contribution is -2.40. The van der Waals surface area contributed by atoms with Crippen molar-refractivity contribution in [3.63, 3.8) is 0 Å². The molecule has 26 heavy (non-hydrogen) atoms. The highest BCUT2D eigenvalue weighted by Crippen LogP contribution is 2.27. The summed E-state index contributed by atoms with van der Waals surface area (Å²) < 4.78 is 0. The zero-order chi connectivity index (χ0) is 19.1. The molecule has 136 valence electrons. The molecule has 2 rings (SSSR count). The summed E-state index contributed by atoms with van der Waals surface area (Å²) in [5.41, 5.74) is 1.45. The van der Waals surface area contributed by atoms with Crippen LogP contribution in [0.2, 0.25) is 0 Å². The summed E-state index contributed by atoms with van der Waals surface area (Å²) in [5.74, 6) is 0.0433. The summed E-state index contributed by atoms with van der Waals surface area (Å²) in [6, 6.07) is 7.54. The number of nitrogens with one attached hydrogen (secondary N) is 2. The van der Waals surface area contributed by atoms with E-state index in [1.54, 1.807) is 12.1 Å². The summed E-state index contributed by atoms with van der Waals surface area (Å²) in [6.07, 6.45) is 0.601. The van der Waals surface area contributed by atoms with Crippen LogP contribution < -0.4 is 10.6 Å². The Kier molecular flexibility index (Phi) is 6.63. The van der Waals surface area contributed by atoms with Crippen LogP contribution in [0.15, 0.2) is 29.6 Å². The molecule has 1 heterocycles. The SMILES string of the molecule is CC(C)CC(Nc1nc(-c2ccc([N+](=O)[O-])cc2)cs1)C(=O)NCC#N. The average molecular weight is 373 g/mol. The number of hydrogen-bond acceptors (Lipinski definition) is 7. The molecule has 8 nitrogen and oxygen atoms in total. The Hall–Kier alpha value is -2.99. The molecule has 0 fully saturated rings. The first-order valence-corrected chi connectivity index (χ1v) is 8.90. The van der Waals surface area contributed by atoms with Crippen LogP contribution in [0.1, 0.15) is 20.3 Å². The van der Waals surface area contributed by atoms with Crippen LogP contribution in [0.4, 0.5) is 10.8 Å². The van der Waals surface area contributed by atoms with Gasteiger partial charge < -0.3 is 10.6 Å². The molecule has 0 saturated heterocycles. The van der Waals surface area contributed by atoms with Gasteiger partial charge >= 0.3 is 0 Å². The largest absolute Gasteiger partial charge is 0.350 e. The first kappa shape index (κ1) is 19.3. The Balaban J connectivity index is 2.12. The van der Waals surface area contributed by atoms with Crippen molar-refractivity contribution in [2.45, 2.75) is 26.3 Å². The number of aromatic nitrogens is 1. The standard InChI is InChI=1S/C17H19N5O3S/c1-11(2)9-14(16(23)19-8-7-18)20-17-21-15(10-26-17)12-3-5-13(6-4-12)22(24)25/h3-6,10-11,14H,8-9H2,1-2H3,(H,19,23)(H,20,21). The zero-order valence-corrected chi connectivity index (χ0v) is 15.2. The average Bonchev–Trinajstić information content (AvgIpc) is 3.07. The normalized spacial score (nSPS) is 11.6. The highest BCUT2D eigenvalue weighted by molar-refractivity contribution is 7.14. The van der Waals surface area contributed by atoms with E-state index in [1.807, 2.05) is 25.3 Å². The van der Waals surface area contributed by atoms with Gasteiger partial charge in [0.25, 0.3) is 5.69 Å². The Morgan fingerprint density at radius 3 is 2.65 bits per heavy atom. The van der Waals surface area contributed by atoms with E-state index >= 15 is 0 Å². The minimum absolute atomic E-state index is 0.0217. The maximum atomic E-state index is 12.2. The molecule has 0 bridgehead atoms. The van der Waals surface area contributed by atoms with Crippen LogP contribution in [0.3, 0.4) is 0 Å². The maximum absolute atomic E-state index is 12.2. The van der Waals surface area contributed by atoms with Crippen LogP contribution in [0.25, 0.3) is 11.3 Å². The Labute approximate surface area is 155 Å². The van der Waals surface area contributed by atoms with Gasteiger partial charge in [-0.25, -0.2) is 4.98 Å². The minimum atomic E-state index is -0.487. The molecule has 0 spiro atoms. The predicted octanol–water partition coefficient (Wildman–Crippen LogP) is 3.18. The Bertz CT molecular complexity index is 811. The lowest BCUT2D eigenvalue weighted by atomic mass is 10.0. The highest BCUT2D eigenvalue weighted by atomic mass is 32.1. The number of thiazole rings is 1. The summed E-state index contributed by atoms with van der Waals surface area (Å²) in [5, 5.41) is 27.4. The van der Waals surface area contributed by atoms with E-state index in [0.717, 1.165) is 5.56 Å². The van der Waals surface area contributed by atoms with E-state index < -0.39 is 11.0 Å². The van der Waals surface area contributed by atoms with Crippen molar-refractivity contribution in [1.29, 1.82) is 5.26 Å². The molecule has 0 aliphatic rings. The third kappa shape index (κ3) is 5.26. The van der Waals surface area contributed by atoms with Gasteiger partial charge in [-0.2, -0.15) is 5.26 Å². The van der Waals surface area contributed by atoms with Crippen LogP contribution in [0.5, 0.6) is 0 Å². The molecule has 2 N–H and O–H groups in total. The lowest BCUT2D eigenvalue weighted by molar-refractivity contribution is -0.384. The van der Waals surface area contributed by atoms with Gasteiger partial charge in [0.05, 0.1) is 16.7 Å². The van der Waals surface area contributed by atoms with Crippen LogP contribution in [-0.2, 0) is 4.79 Å². The molecule has 1 aromatic carbocycles. The van der Waals surface area contributed by atoms with Crippen molar-refractivity contribution in [3.8, 4) is 17.3 Å². The monoisotopic (exact) mass is 373 g/mol. The quantitative estimate of drug-likeness (QED) is 0.416. The lowest BCUT2D eigenvalue weighted by Gasteiger charge is -2.18. The van der Waals surface area contributed by atoms with Gasteiger partial charge in [0.1, 0.15) is 12.6 Å². The summed E-state index contributed by atoms with van der Waals surface area (Å²) in [4.78, 5) is 26.9. The molecular formula is C17H19N5O3S. The summed E-state index contributed by atoms with van der Waals surface area (Å²) >= 11 is 1.35. The molecule has 2 aromatic rings. The molecule has 0 saturated carbocycles. The second kappa shape index (κ2) is 8.92. The molecule has 1 unspecified atom stereocenters. The maximum Gasteiger partial charge on any atom is 0.269 e. The fraction of sp³-hybridized carbons (Fsp3) is 0.353. The molecule has 0 radical (unpaired) electrons. The van der Waals surface area contributed by atoms with Crippen molar-refractivity contribution < 1.29 is 9.72 Å². The predicted molar refractivity (Wildman–Crippen MR) is 99.7 cm³/mol. The van der Waals surface area contributed by atoms with E-state index in [-0.39, 0.29) is 24.1 Å². The smallest absolute Gasteiger partial charge is 0.269 e. The van der Waals surface area contributed by atoms with Gasteiger partial charge in [-0.3, -0.25) is 14.9 Å². The van der Waals surface area contributed by atoms with Crippen LogP contribution in [0, 0.1) is 27.4 Å². The third-order valence-corrected chi connectivity index (χ3v) is 4.31. The molecular weight excluding hydrogens is 354 g/mol. The number of anilines is 1. The highest BCUT2D eigenvalue weighted by Gasteiger charge is 2.20. The summed E-state index contributed by atoms with van der Waals surface area (Å²) in [7, 11) is 0. The van der Waals surface area contributed by atoms with Crippen LogP contribution in [-0.4, -0.2) is 28.4 Å². The topological polar surface area (TPSA) is 121 Å². The summed E-state index contributed by atoms with van der Waals surface area (Å²) in [6.45, 7) is 3.98. The number of hydrogen-bond donors (Lipinski definition) is 2. The van der Waals surface area contributed by atoms with Gasteiger partial charge in [0.2, 0.25) is 5.91 Å². The zero-order valence-electron chi connectivity index (χ0n) is 14.4. The van der Waals surface area contributed by atoms with E-state index in [2.05, 4.69) is 15.6 Å². The van der Waals surface area contributed by atoms with Gasteiger partial charge in [0, 0.05) is 23.1 Å². The second-order valence-corrected chi connectivity index (χ2v) is 6.90. The first-order valence-electron chi connectivity index (χ1n) is 8.02. The van der Waals surface area contributed by atoms with E-state index in [9.17, 15) is 14.9 Å². The number of amides is 1. The molecule has 0 aliphatic heterocycles. The molecule has 1 aromatic heterocycles.